The summed E-state index contributed by atoms with van der Waals surface area (Å²) in [5.41, 5.74) is 6.33. The molecule has 0 fully saturated rings. The molecule has 108 valence electrons. The normalized spacial score (nSPS) is 12.8. The van der Waals surface area contributed by atoms with E-state index in [1.807, 2.05) is 0 Å². The van der Waals surface area contributed by atoms with E-state index in [9.17, 15) is 0 Å². The molecule has 0 spiro atoms. The van der Waals surface area contributed by atoms with Crippen molar-refractivity contribution in [2.24, 2.45) is 17.6 Å². The SMILES string of the molecule is CC(C)CC(CN)Cc1nc(-c2ncccc2Cl)no1. The number of pyridine rings is 1. The van der Waals surface area contributed by atoms with Crippen molar-refractivity contribution in [3.63, 3.8) is 0 Å². The lowest BCUT2D eigenvalue weighted by atomic mass is 9.94. The molecule has 5 nitrogen and oxygen atoms in total. The zero-order chi connectivity index (χ0) is 14.5. The molecule has 1 unspecified atom stereocenters. The number of hydrogen-bond acceptors (Lipinski definition) is 5. The average Bonchev–Trinajstić information content (AvgIpc) is 2.86. The van der Waals surface area contributed by atoms with Crippen LogP contribution in [0.4, 0.5) is 0 Å². The third-order valence-electron chi connectivity index (χ3n) is 3.04. The Morgan fingerprint density at radius 3 is 2.85 bits per heavy atom. The smallest absolute Gasteiger partial charge is 0.227 e. The van der Waals surface area contributed by atoms with Gasteiger partial charge in [-0.1, -0.05) is 30.6 Å². The minimum atomic E-state index is 0.350. The fourth-order valence-corrected chi connectivity index (χ4v) is 2.37. The Bertz CT molecular complexity index is 556. The maximum absolute atomic E-state index is 6.07. The molecule has 0 bridgehead atoms. The van der Waals surface area contributed by atoms with E-state index >= 15 is 0 Å². The summed E-state index contributed by atoms with van der Waals surface area (Å²) >= 11 is 6.07. The van der Waals surface area contributed by atoms with E-state index < -0.39 is 0 Å². The first-order chi connectivity index (χ1) is 9.60. The van der Waals surface area contributed by atoms with Gasteiger partial charge in [-0.15, -0.1) is 0 Å². The Kier molecular flexibility index (Phi) is 5.09. The molecule has 2 aromatic heterocycles. The van der Waals surface area contributed by atoms with Gasteiger partial charge in [0.05, 0.1) is 5.02 Å². The quantitative estimate of drug-likeness (QED) is 0.886. The van der Waals surface area contributed by atoms with Gasteiger partial charge in [-0.2, -0.15) is 4.98 Å². The minimum Gasteiger partial charge on any atom is -0.339 e. The van der Waals surface area contributed by atoms with Crippen LogP contribution in [0.5, 0.6) is 0 Å². The summed E-state index contributed by atoms with van der Waals surface area (Å²) in [6, 6.07) is 3.52. The molecule has 0 aliphatic heterocycles. The maximum Gasteiger partial charge on any atom is 0.227 e. The number of rotatable bonds is 6. The highest BCUT2D eigenvalue weighted by Gasteiger charge is 2.17. The van der Waals surface area contributed by atoms with Crippen LogP contribution in [0.1, 0.15) is 26.2 Å². The Morgan fingerprint density at radius 2 is 2.20 bits per heavy atom. The molecule has 2 aromatic rings. The lowest BCUT2D eigenvalue weighted by molar-refractivity contribution is 0.332. The summed E-state index contributed by atoms with van der Waals surface area (Å²) in [7, 11) is 0. The lowest BCUT2D eigenvalue weighted by Gasteiger charge is -2.14. The third kappa shape index (κ3) is 3.77. The van der Waals surface area contributed by atoms with Gasteiger partial charge in [0.2, 0.25) is 11.7 Å². The van der Waals surface area contributed by atoms with Crippen molar-refractivity contribution in [2.75, 3.05) is 6.54 Å². The van der Waals surface area contributed by atoms with E-state index in [1.165, 1.54) is 0 Å². The second-order valence-electron chi connectivity index (χ2n) is 5.28. The van der Waals surface area contributed by atoms with Gasteiger partial charge in [0.25, 0.3) is 0 Å². The molecule has 0 saturated carbocycles. The van der Waals surface area contributed by atoms with Crippen molar-refractivity contribution in [3.8, 4) is 11.5 Å². The third-order valence-corrected chi connectivity index (χ3v) is 3.34. The monoisotopic (exact) mass is 294 g/mol. The number of hydrogen-bond donors (Lipinski definition) is 1. The van der Waals surface area contributed by atoms with E-state index in [4.69, 9.17) is 21.9 Å². The molecule has 0 radical (unpaired) electrons. The molecule has 2 heterocycles. The number of nitrogens with two attached hydrogens (primary N) is 1. The van der Waals surface area contributed by atoms with Gasteiger partial charge in [0, 0.05) is 12.6 Å². The summed E-state index contributed by atoms with van der Waals surface area (Å²) in [4.78, 5) is 8.52. The summed E-state index contributed by atoms with van der Waals surface area (Å²) in [6.45, 7) is 4.96. The first-order valence-corrected chi connectivity index (χ1v) is 7.11. The Labute approximate surface area is 123 Å². The Balaban J connectivity index is 2.11. The zero-order valence-corrected chi connectivity index (χ0v) is 12.5. The van der Waals surface area contributed by atoms with Crippen LogP contribution >= 0.6 is 11.6 Å². The van der Waals surface area contributed by atoms with Crippen molar-refractivity contribution >= 4 is 11.6 Å². The lowest BCUT2D eigenvalue weighted by Crippen LogP contribution is -2.19. The van der Waals surface area contributed by atoms with E-state index in [2.05, 4.69) is 29.0 Å². The van der Waals surface area contributed by atoms with Crippen LogP contribution in [0.15, 0.2) is 22.9 Å². The van der Waals surface area contributed by atoms with Crippen molar-refractivity contribution < 1.29 is 4.52 Å². The topological polar surface area (TPSA) is 77.8 Å². The van der Waals surface area contributed by atoms with Crippen molar-refractivity contribution in [2.45, 2.75) is 26.7 Å². The second-order valence-corrected chi connectivity index (χ2v) is 5.69. The molecule has 0 aliphatic carbocycles. The molecule has 6 heteroatoms. The average molecular weight is 295 g/mol. The van der Waals surface area contributed by atoms with Crippen LogP contribution in [0.25, 0.3) is 11.5 Å². The molecule has 20 heavy (non-hydrogen) atoms. The summed E-state index contributed by atoms with van der Waals surface area (Å²) in [5, 5.41) is 4.45. The van der Waals surface area contributed by atoms with Gasteiger partial charge in [-0.05, 0) is 36.9 Å². The Morgan fingerprint density at radius 1 is 1.40 bits per heavy atom. The van der Waals surface area contributed by atoms with Crippen LogP contribution in [-0.2, 0) is 6.42 Å². The molecule has 2 rings (SSSR count). The minimum absolute atomic E-state index is 0.350. The largest absolute Gasteiger partial charge is 0.339 e. The highest BCUT2D eigenvalue weighted by Crippen LogP contribution is 2.23. The highest BCUT2D eigenvalue weighted by molar-refractivity contribution is 6.32. The molecule has 0 aromatic carbocycles. The van der Waals surface area contributed by atoms with Gasteiger partial charge in [0.1, 0.15) is 5.69 Å². The number of nitrogens with zero attached hydrogens (tertiary/aromatic N) is 3. The van der Waals surface area contributed by atoms with Crippen LogP contribution < -0.4 is 5.73 Å². The van der Waals surface area contributed by atoms with Gasteiger partial charge in [-0.25, -0.2) is 0 Å². The molecule has 0 amide bonds. The molecule has 0 aliphatic rings. The maximum atomic E-state index is 6.07. The number of aromatic nitrogens is 3. The van der Waals surface area contributed by atoms with Crippen molar-refractivity contribution in [3.05, 3.63) is 29.2 Å². The predicted octanol–water partition coefficient (Wildman–Crippen LogP) is 2.95. The van der Waals surface area contributed by atoms with E-state index in [-0.39, 0.29) is 0 Å². The molecular weight excluding hydrogens is 276 g/mol. The highest BCUT2D eigenvalue weighted by atomic mass is 35.5. The van der Waals surface area contributed by atoms with Crippen LogP contribution in [0.3, 0.4) is 0 Å². The second kappa shape index (κ2) is 6.81. The zero-order valence-electron chi connectivity index (χ0n) is 11.7. The van der Waals surface area contributed by atoms with E-state index in [1.54, 1.807) is 18.3 Å². The summed E-state index contributed by atoms with van der Waals surface area (Å²) in [6.07, 6.45) is 3.38. The van der Waals surface area contributed by atoms with Crippen LogP contribution in [0.2, 0.25) is 5.02 Å². The van der Waals surface area contributed by atoms with Crippen LogP contribution in [0, 0.1) is 11.8 Å². The van der Waals surface area contributed by atoms with Gasteiger partial charge in [0.15, 0.2) is 0 Å². The summed E-state index contributed by atoms with van der Waals surface area (Å²) in [5.74, 6) is 1.95. The molecule has 1 atom stereocenters. The standard InChI is InChI=1S/C14H19ClN4O/c1-9(2)6-10(8-16)7-12-18-14(19-20-12)13-11(15)4-3-5-17-13/h3-5,9-10H,6-8,16H2,1-2H3. The van der Waals surface area contributed by atoms with Gasteiger partial charge < -0.3 is 10.3 Å². The number of halogens is 1. The molecule has 2 N–H and O–H groups in total. The van der Waals surface area contributed by atoms with Crippen molar-refractivity contribution in [1.82, 2.24) is 15.1 Å². The first-order valence-electron chi connectivity index (χ1n) is 6.73. The van der Waals surface area contributed by atoms with Crippen LogP contribution in [-0.4, -0.2) is 21.7 Å². The first kappa shape index (κ1) is 14.9. The fraction of sp³-hybridized carbons (Fsp3) is 0.500. The van der Waals surface area contributed by atoms with E-state index in [0.29, 0.717) is 47.2 Å². The predicted molar refractivity (Wildman–Crippen MR) is 78.2 cm³/mol. The Hall–Kier alpha value is -1.46. The van der Waals surface area contributed by atoms with E-state index in [0.717, 1.165) is 6.42 Å². The van der Waals surface area contributed by atoms with Gasteiger partial charge >= 0.3 is 0 Å². The molecule has 0 saturated heterocycles. The molecular formula is C14H19ClN4O. The fourth-order valence-electron chi connectivity index (χ4n) is 2.16. The van der Waals surface area contributed by atoms with Crippen molar-refractivity contribution in [1.29, 1.82) is 0 Å². The summed E-state index contributed by atoms with van der Waals surface area (Å²) < 4.78 is 5.27. The van der Waals surface area contributed by atoms with Gasteiger partial charge in [-0.3, -0.25) is 4.98 Å².